The highest BCUT2D eigenvalue weighted by atomic mass is 79.9. The molecule has 0 radical (unpaired) electrons. The zero-order valence-corrected chi connectivity index (χ0v) is 12.1. The van der Waals surface area contributed by atoms with Gasteiger partial charge in [-0.2, -0.15) is 0 Å². The van der Waals surface area contributed by atoms with Gasteiger partial charge in [0.15, 0.2) is 5.69 Å². The molecule has 2 heterocycles. The maximum Gasteiger partial charge on any atom is 0.321 e. The van der Waals surface area contributed by atoms with Gasteiger partial charge in [-0.15, -0.1) is 0 Å². The number of nitro groups is 1. The van der Waals surface area contributed by atoms with Crippen molar-refractivity contribution in [3.8, 4) is 0 Å². The average Bonchev–Trinajstić information content (AvgIpc) is 2.88. The first-order valence-electron chi connectivity index (χ1n) is 6.30. The van der Waals surface area contributed by atoms with Gasteiger partial charge in [-0.25, -0.2) is 4.98 Å². The molecule has 1 aliphatic rings. The average molecular weight is 330 g/mol. The fourth-order valence-electron chi connectivity index (χ4n) is 2.42. The summed E-state index contributed by atoms with van der Waals surface area (Å²) >= 11 is 3.42. The van der Waals surface area contributed by atoms with Gasteiger partial charge in [0.25, 0.3) is 5.91 Å². The van der Waals surface area contributed by atoms with Gasteiger partial charge in [-0.05, 0) is 36.2 Å². The Bertz CT molecular complexity index is 473. The molecule has 0 bridgehead atoms. The summed E-state index contributed by atoms with van der Waals surface area (Å²) in [6.07, 6.45) is 3.18. The normalized spacial score (nSPS) is 19.4. The highest BCUT2D eigenvalue weighted by Crippen LogP contribution is 2.22. The second kappa shape index (κ2) is 6.18. The van der Waals surface area contributed by atoms with Gasteiger partial charge in [-0.1, -0.05) is 15.9 Å². The smallest absolute Gasteiger partial charge is 0.321 e. The van der Waals surface area contributed by atoms with E-state index in [4.69, 9.17) is 0 Å². The molecule has 1 aromatic rings. The Hall–Kier alpha value is -1.37. The highest BCUT2D eigenvalue weighted by molar-refractivity contribution is 9.09. The second-order valence-electron chi connectivity index (χ2n) is 4.75. The van der Waals surface area contributed by atoms with E-state index in [0.717, 1.165) is 37.7 Å². The minimum Gasteiger partial charge on any atom is -0.358 e. The quantitative estimate of drug-likeness (QED) is 0.523. The van der Waals surface area contributed by atoms with E-state index in [1.54, 1.807) is 4.90 Å². The van der Waals surface area contributed by atoms with Crippen molar-refractivity contribution < 1.29 is 9.72 Å². The van der Waals surface area contributed by atoms with Crippen molar-refractivity contribution in [3.05, 3.63) is 27.9 Å². The van der Waals surface area contributed by atoms with Crippen LogP contribution in [0.25, 0.3) is 0 Å². The van der Waals surface area contributed by atoms with E-state index in [1.807, 2.05) is 0 Å². The van der Waals surface area contributed by atoms with E-state index in [0.29, 0.717) is 11.6 Å². The lowest BCUT2D eigenvalue weighted by atomic mass is 9.95. The van der Waals surface area contributed by atoms with Gasteiger partial charge in [0.2, 0.25) is 0 Å². The van der Waals surface area contributed by atoms with Crippen LogP contribution in [0.2, 0.25) is 0 Å². The molecule has 104 valence electrons. The van der Waals surface area contributed by atoms with Crippen LogP contribution in [-0.4, -0.2) is 39.1 Å². The Labute approximate surface area is 119 Å². The van der Waals surface area contributed by atoms with Crippen LogP contribution in [0.4, 0.5) is 5.82 Å². The Morgan fingerprint density at radius 3 is 3.00 bits per heavy atom. The molecule has 1 fully saturated rings. The number of halogens is 1. The second-order valence-corrected chi connectivity index (χ2v) is 5.54. The number of carbonyl (C=O) groups is 1. The van der Waals surface area contributed by atoms with E-state index >= 15 is 0 Å². The first kappa shape index (κ1) is 14.0. The summed E-state index contributed by atoms with van der Waals surface area (Å²) in [6, 6.07) is 2.81. The molecule has 0 aliphatic carbocycles. The third-order valence-corrected chi connectivity index (χ3v) is 3.88. The summed E-state index contributed by atoms with van der Waals surface area (Å²) in [5.74, 6) is 0.228. The molecular weight excluding hydrogens is 314 g/mol. The predicted molar refractivity (Wildman–Crippen MR) is 74.5 cm³/mol. The summed E-state index contributed by atoms with van der Waals surface area (Å²) in [5.41, 5.74) is 0.297. The first-order valence-corrected chi connectivity index (χ1v) is 7.42. The molecule has 2 rings (SSSR count). The number of aromatic nitrogens is 1. The van der Waals surface area contributed by atoms with Gasteiger partial charge < -0.3 is 15.0 Å². The number of alkyl halides is 1. The number of nitrogens with zero attached hydrogens (tertiary/aromatic N) is 2. The maximum atomic E-state index is 12.2. The number of nitrogens with one attached hydrogen (secondary N) is 1. The van der Waals surface area contributed by atoms with Crippen molar-refractivity contribution in [2.45, 2.75) is 19.3 Å². The van der Waals surface area contributed by atoms with Crippen molar-refractivity contribution in [3.63, 3.8) is 0 Å². The van der Waals surface area contributed by atoms with Gasteiger partial charge in [0.1, 0.15) is 0 Å². The van der Waals surface area contributed by atoms with Gasteiger partial charge in [0.05, 0.1) is 0 Å². The number of aromatic amines is 1. The van der Waals surface area contributed by atoms with Crippen molar-refractivity contribution >= 4 is 27.7 Å². The minimum atomic E-state index is -0.527. The molecule has 6 nitrogen and oxygen atoms in total. The lowest BCUT2D eigenvalue weighted by Crippen LogP contribution is -2.40. The molecule has 1 saturated heterocycles. The zero-order valence-electron chi connectivity index (χ0n) is 10.5. The lowest BCUT2D eigenvalue weighted by Gasteiger charge is -2.31. The summed E-state index contributed by atoms with van der Waals surface area (Å²) in [4.78, 5) is 26.7. The van der Waals surface area contributed by atoms with Crippen LogP contribution < -0.4 is 0 Å². The fraction of sp³-hybridized carbons (Fsp3) is 0.583. The summed E-state index contributed by atoms with van der Waals surface area (Å²) < 4.78 is 0. The third kappa shape index (κ3) is 3.34. The molecule has 0 spiro atoms. The third-order valence-electron chi connectivity index (χ3n) is 3.42. The van der Waals surface area contributed by atoms with Gasteiger partial charge in [0, 0.05) is 24.5 Å². The topological polar surface area (TPSA) is 79.2 Å². The molecule has 0 aromatic carbocycles. The predicted octanol–water partition coefficient (Wildman–Crippen LogP) is 2.56. The standard InChI is InChI=1S/C12H16BrN3O3/c13-6-5-9-2-1-7-15(8-9)12(17)10-3-4-11(14-10)16(18)19/h3-4,9,14H,1-2,5-8H2. The van der Waals surface area contributed by atoms with Gasteiger partial charge >= 0.3 is 5.82 Å². The van der Waals surface area contributed by atoms with E-state index < -0.39 is 4.92 Å². The largest absolute Gasteiger partial charge is 0.358 e. The molecule has 7 heteroatoms. The van der Waals surface area contributed by atoms with Crippen LogP contribution in [0.5, 0.6) is 0 Å². The Kier molecular flexibility index (Phi) is 4.57. The number of carbonyl (C=O) groups excluding carboxylic acids is 1. The Morgan fingerprint density at radius 1 is 1.58 bits per heavy atom. The van der Waals surface area contributed by atoms with Crippen LogP contribution in [0.3, 0.4) is 0 Å². The summed E-state index contributed by atoms with van der Waals surface area (Å²) in [6.45, 7) is 1.46. The number of hydrogen-bond acceptors (Lipinski definition) is 3. The van der Waals surface area contributed by atoms with Crippen molar-refractivity contribution in [1.29, 1.82) is 0 Å². The van der Waals surface area contributed by atoms with Crippen LogP contribution in [0, 0.1) is 16.0 Å². The number of rotatable bonds is 4. The Morgan fingerprint density at radius 2 is 2.37 bits per heavy atom. The Balaban J connectivity index is 2.03. The fourth-order valence-corrected chi connectivity index (χ4v) is 3.07. The molecule has 0 saturated carbocycles. The molecule has 1 aliphatic heterocycles. The van der Waals surface area contributed by atoms with Crippen LogP contribution in [0.1, 0.15) is 29.8 Å². The van der Waals surface area contributed by atoms with Crippen molar-refractivity contribution in [2.24, 2.45) is 5.92 Å². The van der Waals surface area contributed by atoms with E-state index in [9.17, 15) is 14.9 Å². The van der Waals surface area contributed by atoms with Crippen molar-refractivity contribution in [2.75, 3.05) is 18.4 Å². The van der Waals surface area contributed by atoms with Crippen molar-refractivity contribution in [1.82, 2.24) is 9.88 Å². The van der Waals surface area contributed by atoms with Gasteiger partial charge in [-0.3, -0.25) is 4.79 Å². The molecule has 1 N–H and O–H groups in total. The minimum absolute atomic E-state index is 0.141. The summed E-state index contributed by atoms with van der Waals surface area (Å²) in [5, 5.41) is 11.5. The number of hydrogen-bond donors (Lipinski definition) is 1. The lowest BCUT2D eigenvalue weighted by molar-refractivity contribution is -0.389. The monoisotopic (exact) mass is 329 g/mol. The number of H-pyrrole nitrogens is 1. The van der Waals surface area contributed by atoms with E-state index in [-0.39, 0.29) is 11.7 Å². The van der Waals surface area contributed by atoms with Crippen LogP contribution in [-0.2, 0) is 0 Å². The molecule has 1 amide bonds. The van der Waals surface area contributed by atoms with E-state index in [2.05, 4.69) is 20.9 Å². The number of likely N-dealkylation sites (tertiary alicyclic amines) is 1. The zero-order chi connectivity index (χ0) is 13.8. The highest BCUT2D eigenvalue weighted by Gasteiger charge is 2.26. The van der Waals surface area contributed by atoms with Crippen LogP contribution in [0.15, 0.2) is 12.1 Å². The molecule has 1 unspecified atom stereocenters. The van der Waals surface area contributed by atoms with Crippen LogP contribution >= 0.6 is 15.9 Å². The summed E-state index contributed by atoms with van der Waals surface area (Å²) in [7, 11) is 0. The molecule has 1 aromatic heterocycles. The molecule has 1 atom stereocenters. The maximum absolute atomic E-state index is 12.2. The number of amides is 1. The SMILES string of the molecule is O=C(c1ccc([N+](=O)[O-])[nH]1)N1CCCC(CCBr)C1. The number of piperidine rings is 1. The molecule has 19 heavy (non-hydrogen) atoms. The molecular formula is C12H16BrN3O3. The first-order chi connectivity index (χ1) is 9.11. The van der Waals surface area contributed by atoms with E-state index in [1.165, 1.54) is 12.1 Å².